The van der Waals surface area contributed by atoms with Crippen LogP contribution in [0.25, 0.3) is 0 Å². The largest absolute Gasteiger partial charge is 0.372 e. The summed E-state index contributed by atoms with van der Waals surface area (Å²) in [5.74, 6) is 0. The first-order valence-electron chi connectivity index (χ1n) is 1.75. The Hall–Kier alpha value is -0.160. The fraction of sp³-hybridized carbons (Fsp3) is 1.00. The minimum atomic E-state index is -4.42. The molecule has 0 aromatic carbocycles. The van der Waals surface area contributed by atoms with Crippen molar-refractivity contribution < 1.29 is 12.3 Å². The van der Waals surface area contributed by atoms with Gasteiger partial charge < -0.3 is 0 Å². The number of nitrogens with one attached hydrogen (secondary N) is 1. The van der Waals surface area contributed by atoms with Gasteiger partial charge in [0.05, 0.1) is 0 Å². The lowest BCUT2D eigenvalue weighted by atomic mass is 10.8. The molecule has 3 nitrogen and oxygen atoms in total. The maximum atomic E-state index is 11.3. The Labute approximate surface area is 41.9 Å². The molecule has 44 valence electrons. The van der Waals surface area contributed by atoms with Crippen LogP contribution in [-0.2, 0) is 10.4 Å². The van der Waals surface area contributed by atoms with Crippen LogP contribution in [0.2, 0.25) is 0 Å². The third-order valence-electron chi connectivity index (χ3n) is 0.317. The molecule has 0 aliphatic heterocycles. The van der Waals surface area contributed by atoms with Crippen LogP contribution >= 0.6 is 0 Å². The molecular weight excluding hydrogens is 121 g/mol. The van der Waals surface area contributed by atoms with Crippen LogP contribution in [0.15, 0.2) is 0 Å². The zero-order chi connectivity index (χ0) is 5.91. The van der Waals surface area contributed by atoms with E-state index in [-0.39, 0.29) is 6.54 Å². The van der Waals surface area contributed by atoms with Gasteiger partial charge >= 0.3 is 10.4 Å². The Morgan fingerprint density at radius 3 is 2.14 bits per heavy atom. The summed E-state index contributed by atoms with van der Waals surface area (Å²) in [7, 11) is -4.42. The van der Waals surface area contributed by atoms with E-state index in [1.165, 1.54) is 6.92 Å². The molecule has 0 spiro atoms. The van der Waals surface area contributed by atoms with Crippen molar-refractivity contribution in [2.75, 3.05) is 6.54 Å². The molecule has 0 aromatic heterocycles. The highest BCUT2D eigenvalue weighted by atomic mass is 32.3. The average Bonchev–Trinajstić information content (AvgIpc) is 1.30. The van der Waals surface area contributed by atoms with E-state index in [1.807, 2.05) is 0 Å². The minimum Gasteiger partial charge on any atom is -0.188 e. The van der Waals surface area contributed by atoms with Crippen molar-refractivity contribution in [1.29, 1.82) is 0 Å². The van der Waals surface area contributed by atoms with Crippen molar-refractivity contribution in [3.8, 4) is 0 Å². The van der Waals surface area contributed by atoms with Crippen LogP contribution in [0.1, 0.15) is 6.92 Å². The SMILES string of the molecule is CCNS(=O)(=O)F. The Balaban J connectivity index is 3.60. The molecule has 0 aliphatic carbocycles. The van der Waals surface area contributed by atoms with Gasteiger partial charge in [-0.25, -0.2) is 0 Å². The lowest BCUT2D eigenvalue weighted by molar-refractivity contribution is 0.538. The quantitative estimate of drug-likeness (QED) is 0.522. The summed E-state index contributed by atoms with van der Waals surface area (Å²) in [5, 5.41) is 0. The summed E-state index contributed by atoms with van der Waals surface area (Å²) in [6.07, 6.45) is 0. The lowest BCUT2D eigenvalue weighted by Crippen LogP contribution is -2.17. The van der Waals surface area contributed by atoms with E-state index in [0.717, 1.165) is 0 Å². The van der Waals surface area contributed by atoms with Crippen molar-refractivity contribution in [3.63, 3.8) is 0 Å². The Kier molecular flexibility index (Phi) is 2.17. The van der Waals surface area contributed by atoms with Gasteiger partial charge in [0.1, 0.15) is 0 Å². The zero-order valence-electron chi connectivity index (χ0n) is 3.81. The van der Waals surface area contributed by atoms with Gasteiger partial charge in [0.25, 0.3) is 0 Å². The van der Waals surface area contributed by atoms with Crippen LogP contribution in [0.3, 0.4) is 0 Å². The van der Waals surface area contributed by atoms with Crippen molar-refractivity contribution >= 4 is 10.4 Å². The smallest absolute Gasteiger partial charge is 0.188 e. The Bertz CT molecular complexity index is 129. The standard InChI is InChI=1S/C2H6FNO2S/c1-2-4-7(3,5)6/h4H,2H2,1H3. The Morgan fingerprint density at radius 2 is 2.14 bits per heavy atom. The third-order valence-corrected chi connectivity index (χ3v) is 0.950. The van der Waals surface area contributed by atoms with Gasteiger partial charge in [-0.1, -0.05) is 10.8 Å². The van der Waals surface area contributed by atoms with E-state index >= 15 is 0 Å². The monoisotopic (exact) mass is 127 g/mol. The summed E-state index contributed by atoms with van der Waals surface area (Å²) in [4.78, 5) is 0. The van der Waals surface area contributed by atoms with Crippen LogP contribution in [0, 0.1) is 0 Å². The van der Waals surface area contributed by atoms with Crippen molar-refractivity contribution in [2.45, 2.75) is 6.92 Å². The third kappa shape index (κ3) is 5.84. The summed E-state index contributed by atoms with van der Waals surface area (Å²) in [5.41, 5.74) is 0. The molecular formula is C2H6FNO2S. The molecule has 7 heavy (non-hydrogen) atoms. The van der Waals surface area contributed by atoms with E-state index in [2.05, 4.69) is 0 Å². The van der Waals surface area contributed by atoms with Gasteiger partial charge in [0.2, 0.25) is 0 Å². The van der Waals surface area contributed by atoms with Crippen LogP contribution in [-0.4, -0.2) is 15.0 Å². The van der Waals surface area contributed by atoms with E-state index in [9.17, 15) is 12.3 Å². The molecule has 0 rings (SSSR count). The molecule has 0 bridgehead atoms. The molecule has 0 saturated carbocycles. The van der Waals surface area contributed by atoms with Crippen LogP contribution in [0.5, 0.6) is 0 Å². The van der Waals surface area contributed by atoms with Gasteiger partial charge in [-0.15, -0.1) is 0 Å². The van der Waals surface area contributed by atoms with E-state index in [0.29, 0.717) is 0 Å². The second-order valence-corrected chi connectivity index (χ2v) is 2.10. The Morgan fingerprint density at radius 1 is 1.71 bits per heavy atom. The second kappa shape index (κ2) is 2.23. The maximum Gasteiger partial charge on any atom is 0.372 e. The molecule has 5 heteroatoms. The number of hydrogen-bond donors (Lipinski definition) is 1. The molecule has 0 radical (unpaired) electrons. The highest BCUT2D eigenvalue weighted by Crippen LogP contribution is 1.78. The minimum absolute atomic E-state index is 0.0961. The molecule has 0 heterocycles. The van der Waals surface area contributed by atoms with Crippen molar-refractivity contribution in [2.24, 2.45) is 0 Å². The van der Waals surface area contributed by atoms with Gasteiger partial charge in [-0.05, 0) is 0 Å². The molecule has 1 N–H and O–H groups in total. The average molecular weight is 127 g/mol. The lowest BCUT2D eigenvalue weighted by Gasteiger charge is -1.87. The molecule has 0 aliphatic rings. The highest BCUT2D eigenvalue weighted by Gasteiger charge is 1.99. The summed E-state index contributed by atoms with van der Waals surface area (Å²) < 4.78 is 31.7. The molecule has 0 unspecified atom stereocenters. The van der Waals surface area contributed by atoms with Gasteiger partial charge in [0, 0.05) is 6.54 Å². The molecule has 0 amide bonds. The summed E-state index contributed by atoms with van der Waals surface area (Å²) in [6.45, 7) is 1.59. The van der Waals surface area contributed by atoms with Crippen LogP contribution in [0.4, 0.5) is 3.89 Å². The number of halogens is 1. The molecule has 0 saturated heterocycles. The molecule has 0 aromatic rings. The topological polar surface area (TPSA) is 46.2 Å². The van der Waals surface area contributed by atoms with Gasteiger partial charge in [0.15, 0.2) is 0 Å². The first-order chi connectivity index (χ1) is 3.06. The zero-order valence-corrected chi connectivity index (χ0v) is 4.63. The number of rotatable bonds is 2. The predicted octanol–water partition coefficient (Wildman–Crippen LogP) is -0.190. The van der Waals surface area contributed by atoms with E-state index < -0.39 is 10.4 Å². The fourth-order valence-corrected chi connectivity index (χ4v) is 0.517. The number of hydrogen-bond acceptors (Lipinski definition) is 2. The summed E-state index contributed by atoms with van der Waals surface area (Å²) in [6, 6.07) is 0. The van der Waals surface area contributed by atoms with Crippen molar-refractivity contribution in [1.82, 2.24) is 4.72 Å². The highest BCUT2D eigenvalue weighted by molar-refractivity contribution is 7.84. The summed E-state index contributed by atoms with van der Waals surface area (Å²) >= 11 is 0. The molecule has 0 fully saturated rings. The van der Waals surface area contributed by atoms with Gasteiger partial charge in [-0.3, -0.25) is 0 Å². The van der Waals surface area contributed by atoms with Crippen molar-refractivity contribution in [3.05, 3.63) is 0 Å². The fourth-order valence-electron chi connectivity index (χ4n) is 0.172. The van der Waals surface area contributed by atoms with Gasteiger partial charge in [-0.2, -0.15) is 13.1 Å². The van der Waals surface area contributed by atoms with E-state index in [4.69, 9.17) is 0 Å². The first-order valence-corrected chi connectivity index (χ1v) is 3.14. The normalized spacial score (nSPS) is 11.7. The maximum absolute atomic E-state index is 11.3. The first kappa shape index (κ1) is 6.84. The molecule has 0 atom stereocenters. The second-order valence-electron chi connectivity index (χ2n) is 0.936. The van der Waals surface area contributed by atoms with Crippen LogP contribution < -0.4 is 4.72 Å². The predicted molar refractivity (Wildman–Crippen MR) is 23.7 cm³/mol. The van der Waals surface area contributed by atoms with E-state index in [1.54, 1.807) is 4.72 Å².